The zero-order chi connectivity index (χ0) is 31.5. The summed E-state index contributed by atoms with van der Waals surface area (Å²) in [6, 6.07) is 26.6. The smallest absolute Gasteiger partial charge is 0.331 e. The second-order valence-corrected chi connectivity index (χ2v) is 11.2. The van der Waals surface area contributed by atoms with Crippen LogP contribution in [0.1, 0.15) is 61.6 Å². The van der Waals surface area contributed by atoms with Crippen LogP contribution in [0, 0.1) is 0 Å². The lowest BCUT2D eigenvalue weighted by molar-refractivity contribution is -0.152. The first-order valence-corrected chi connectivity index (χ1v) is 15.0. The Labute approximate surface area is 258 Å². The fraction of sp³-hybridized carbons (Fsp3) is 0.371. The summed E-state index contributed by atoms with van der Waals surface area (Å²) in [5.41, 5.74) is 2.43. The third kappa shape index (κ3) is 8.24. The lowest BCUT2D eigenvalue weighted by Crippen LogP contribution is -2.61. The number of esters is 2. The molecule has 1 fully saturated rings. The summed E-state index contributed by atoms with van der Waals surface area (Å²) in [4.78, 5) is 53.2. The average Bonchev–Trinajstić information content (AvgIpc) is 3.07. The molecule has 1 saturated heterocycles. The molecule has 2 amide bonds. The van der Waals surface area contributed by atoms with E-state index in [9.17, 15) is 19.2 Å². The Hall–Kier alpha value is -4.66. The van der Waals surface area contributed by atoms with Gasteiger partial charge in [-0.3, -0.25) is 14.4 Å². The molecule has 3 aromatic carbocycles. The highest BCUT2D eigenvalue weighted by molar-refractivity contribution is 5.91. The summed E-state index contributed by atoms with van der Waals surface area (Å²) < 4.78 is 10.4. The molecule has 0 aromatic heterocycles. The first-order chi connectivity index (χ1) is 21.2. The molecular formula is C35H41N3O6. The molecule has 3 aromatic rings. The van der Waals surface area contributed by atoms with Crippen LogP contribution in [-0.2, 0) is 35.3 Å². The van der Waals surface area contributed by atoms with Crippen molar-refractivity contribution in [1.29, 1.82) is 0 Å². The van der Waals surface area contributed by atoms with Crippen LogP contribution in [0.3, 0.4) is 0 Å². The lowest BCUT2D eigenvalue weighted by atomic mass is 9.85. The molecule has 1 aliphatic heterocycles. The number of methoxy groups -OCH3 is 1. The molecule has 2 unspecified atom stereocenters. The number of rotatable bonds is 12. The van der Waals surface area contributed by atoms with E-state index in [2.05, 4.69) is 15.5 Å². The molecule has 2 atom stereocenters. The number of hydrogen-bond acceptors (Lipinski definition) is 7. The monoisotopic (exact) mass is 599 g/mol. The Bertz CT molecular complexity index is 1420. The highest BCUT2D eigenvalue weighted by atomic mass is 16.5. The van der Waals surface area contributed by atoms with Gasteiger partial charge in [0, 0.05) is 25.3 Å². The lowest BCUT2D eigenvalue weighted by Gasteiger charge is -2.41. The van der Waals surface area contributed by atoms with E-state index in [0.29, 0.717) is 25.9 Å². The molecule has 0 saturated carbocycles. The van der Waals surface area contributed by atoms with Gasteiger partial charge in [-0.2, -0.15) is 0 Å². The van der Waals surface area contributed by atoms with Gasteiger partial charge in [0.25, 0.3) is 0 Å². The molecule has 4 rings (SSSR count). The van der Waals surface area contributed by atoms with E-state index < -0.39 is 23.3 Å². The van der Waals surface area contributed by atoms with Crippen molar-refractivity contribution in [3.63, 3.8) is 0 Å². The van der Waals surface area contributed by atoms with Crippen LogP contribution < -0.4 is 15.5 Å². The zero-order valence-electron chi connectivity index (χ0n) is 25.6. The van der Waals surface area contributed by atoms with Crippen LogP contribution in [0.15, 0.2) is 84.9 Å². The minimum Gasteiger partial charge on any atom is -0.467 e. The van der Waals surface area contributed by atoms with Crippen molar-refractivity contribution < 1.29 is 28.7 Å². The Morgan fingerprint density at radius 2 is 1.43 bits per heavy atom. The van der Waals surface area contributed by atoms with Gasteiger partial charge in [-0.15, -0.1) is 0 Å². The SMILES string of the molecule is COC(=O)C1(NC(=O)C(C)c2ccccc2)CCN(c2cccc(C(C)C(=O)NCCC(=O)OCc3ccccc3)c2)CC1. The van der Waals surface area contributed by atoms with E-state index in [-0.39, 0.29) is 37.4 Å². The average molecular weight is 600 g/mol. The van der Waals surface area contributed by atoms with Gasteiger partial charge in [0.1, 0.15) is 12.1 Å². The summed E-state index contributed by atoms with van der Waals surface area (Å²) in [6.07, 6.45) is 0.850. The van der Waals surface area contributed by atoms with Gasteiger partial charge in [0.05, 0.1) is 25.4 Å². The van der Waals surface area contributed by atoms with Crippen LogP contribution in [0.4, 0.5) is 5.69 Å². The number of amides is 2. The highest BCUT2D eigenvalue weighted by Crippen LogP contribution is 2.30. The summed E-state index contributed by atoms with van der Waals surface area (Å²) in [5, 5.41) is 5.85. The standard InChI is InChI=1S/C35H41N3O6/c1-25(28-13-8-5-9-14-28)33(41)37-35(34(42)43-3)18-21-38(22-19-35)30-16-10-15-29(23-30)26(2)32(40)36-20-17-31(39)44-24-27-11-6-4-7-12-27/h4-16,23,25-26H,17-22,24H2,1-3H3,(H,36,40)(H,37,41). The number of carbonyl (C=O) groups excluding carboxylic acids is 4. The maximum atomic E-state index is 13.2. The summed E-state index contributed by atoms with van der Waals surface area (Å²) in [5.74, 6) is -2.08. The van der Waals surface area contributed by atoms with Crippen molar-refractivity contribution in [3.8, 4) is 0 Å². The van der Waals surface area contributed by atoms with Gasteiger partial charge >= 0.3 is 11.9 Å². The predicted molar refractivity (Wildman–Crippen MR) is 168 cm³/mol. The summed E-state index contributed by atoms with van der Waals surface area (Å²) in [6.45, 7) is 5.07. The molecular weight excluding hydrogens is 558 g/mol. The quantitative estimate of drug-likeness (QED) is 0.295. The zero-order valence-corrected chi connectivity index (χ0v) is 25.6. The summed E-state index contributed by atoms with van der Waals surface area (Å²) in [7, 11) is 1.34. The van der Waals surface area contributed by atoms with Gasteiger partial charge in [-0.1, -0.05) is 72.8 Å². The van der Waals surface area contributed by atoms with Crippen molar-refractivity contribution >= 4 is 29.4 Å². The van der Waals surface area contributed by atoms with E-state index in [1.54, 1.807) is 0 Å². The number of hydrogen-bond donors (Lipinski definition) is 2. The van der Waals surface area contributed by atoms with E-state index >= 15 is 0 Å². The van der Waals surface area contributed by atoms with Crippen molar-refractivity contribution in [2.24, 2.45) is 0 Å². The van der Waals surface area contributed by atoms with E-state index in [4.69, 9.17) is 9.47 Å². The van der Waals surface area contributed by atoms with Crippen LogP contribution in [0.25, 0.3) is 0 Å². The number of piperidine rings is 1. The number of ether oxygens (including phenoxy) is 2. The highest BCUT2D eigenvalue weighted by Gasteiger charge is 2.44. The van der Waals surface area contributed by atoms with Crippen LogP contribution in [-0.4, -0.2) is 56.0 Å². The van der Waals surface area contributed by atoms with Gasteiger partial charge in [0.2, 0.25) is 11.8 Å². The fourth-order valence-corrected chi connectivity index (χ4v) is 5.35. The van der Waals surface area contributed by atoms with Crippen LogP contribution in [0.5, 0.6) is 0 Å². The third-order valence-electron chi connectivity index (χ3n) is 8.25. The van der Waals surface area contributed by atoms with E-state index in [0.717, 1.165) is 22.4 Å². The third-order valence-corrected chi connectivity index (χ3v) is 8.25. The Balaban J connectivity index is 1.30. The molecule has 0 radical (unpaired) electrons. The normalized spacial score (nSPS) is 15.4. The first kappa shape index (κ1) is 32.3. The molecule has 232 valence electrons. The number of carbonyl (C=O) groups is 4. The Morgan fingerprint density at radius 1 is 0.818 bits per heavy atom. The molecule has 9 nitrogen and oxygen atoms in total. The van der Waals surface area contributed by atoms with Gasteiger partial charge in [0.15, 0.2) is 0 Å². The van der Waals surface area contributed by atoms with Crippen molar-refractivity contribution in [1.82, 2.24) is 10.6 Å². The molecule has 0 bridgehead atoms. The minimum absolute atomic E-state index is 0.0850. The Morgan fingerprint density at radius 3 is 2.09 bits per heavy atom. The van der Waals surface area contributed by atoms with E-state index in [1.807, 2.05) is 98.8 Å². The molecule has 44 heavy (non-hydrogen) atoms. The molecule has 0 aliphatic carbocycles. The number of anilines is 1. The number of nitrogens with one attached hydrogen (secondary N) is 2. The largest absolute Gasteiger partial charge is 0.467 e. The molecule has 0 spiro atoms. The maximum absolute atomic E-state index is 13.2. The van der Waals surface area contributed by atoms with E-state index in [1.165, 1.54) is 7.11 Å². The topological polar surface area (TPSA) is 114 Å². The van der Waals surface area contributed by atoms with Gasteiger partial charge in [-0.25, -0.2) is 4.79 Å². The fourth-order valence-electron chi connectivity index (χ4n) is 5.35. The number of nitrogens with zero attached hydrogens (tertiary/aromatic N) is 1. The second-order valence-electron chi connectivity index (χ2n) is 11.2. The molecule has 1 aliphatic rings. The molecule has 1 heterocycles. The molecule has 2 N–H and O–H groups in total. The Kier molecular flexibility index (Phi) is 11.1. The predicted octanol–water partition coefficient (Wildman–Crippen LogP) is 4.47. The van der Waals surface area contributed by atoms with Crippen LogP contribution >= 0.6 is 0 Å². The van der Waals surface area contributed by atoms with Gasteiger partial charge < -0.3 is 25.0 Å². The first-order valence-electron chi connectivity index (χ1n) is 15.0. The second kappa shape index (κ2) is 15.2. The van der Waals surface area contributed by atoms with Crippen LogP contribution in [0.2, 0.25) is 0 Å². The number of benzene rings is 3. The van der Waals surface area contributed by atoms with Crippen molar-refractivity contribution in [2.75, 3.05) is 31.6 Å². The maximum Gasteiger partial charge on any atom is 0.331 e. The van der Waals surface area contributed by atoms with Crippen molar-refractivity contribution in [2.45, 2.75) is 57.1 Å². The molecule has 9 heteroatoms. The van der Waals surface area contributed by atoms with Gasteiger partial charge in [-0.05, 0) is 55.5 Å². The van der Waals surface area contributed by atoms with Crippen molar-refractivity contribution in [3.05, 3.63) is 102 Å². The summed E-state index contributed by atoms with van der Waals surface area (Å²) >= 11 is 0. The minimum atomic E-state index is -1.11.